The molecule has 1 amide bonds. The number of amides is 1. The Bertz CT molecular complexity index is 895. The van der Waals surface area contributed by atoms with E-state index in [1.165, 1.54) is 11.1 Å². The Hall–Kier alpha value is -2.62. The van der Waals surface area contributed by atoms with Crippen LogP contribution in [0.4, 0.5) is 5.69 Å². The zero-order chi connectivity index (χ0) is 22.5. The molecule has 4 nitrogen and oxygen atoms in total. The smallest absolute Gasteiger partial charge is 0.338 e. The van der Waals surface area contributed by atoms with Gasteiger partial charge in [0.25, 0.3) is 5.91 Å². The summed E-state index contributed by atoms with van der Waals surface area (Å²) in [4.78, 5) is 24.5. The molecule has 1 aliphatic carbocycles. The molecule has 2 aromatic rings. The quantitative estimate of drug-likeness (QED) is 0.587. The van der Waals surface area contributed by atoms with Crippen molar-refractivity contribution >= 4 is 17.6 Å². The van der Waals surface area contributed by atoms with Crippen molar-refractivity contribution in [3.63, 3.8) is 0 Å². The first-order valence-corrected chi connectivity index (χ1v) is 10.9. The third kappa shape index (κ3) is 5.10. The summed E-state index contributed by atoms with van der Waals surface area (Å²) in [6, 6.07) is 12.8. The van der Waals surface area contributed by atoms with E-state index in [4.69, 9.17) is 4.74 Å². The molecule has 0 saturated carbocycles. The summed E-state index contributed by atoms with van der Waals surface area (Å²) < 4.78 is 4.98. The highest BCUT2D eigenvalue weighted by Gasteiger charge is 2.37. The van der Waals surface area contributed by atoms with E-state index in [1.54, 1.807) is 31.2 Å². The zero-order valence-corrected chi connectivity index (χ0v) is 19.4. The van der Waals surface area contributed by atoms with E-state index in [2.05, 4.69) is 39.1 Å². The van der Waals surface area contributed by atoms with Crippen molar-refractivity contribution < 1.29 is 14.3 Å². The van der Waals surface area contributed by atoms with Gasteiger partial charge in [0.1, 0.15) is 0 Å². The van der Waals surface area contributed by atoms with Crippen molar-refractivity contribution in [3.05, 3.63) is 64.7 Å². The molecule has 162 valence electrons. The fraction of sp³-hybridized carbons (Fsp3) is 0.462. The summed E-state index contributed by atoms with van der Waals surface area (Å²) in [6.45, 7) is 15.1. The van der Waals surface area contributed by atoms with Crippen LogP contribution in [0.5, 0.6) is 0 Å². The van der Waals surface area contributed by atoms with Crippen molar-refractivity contribution in [2.75, 3.05) is 11.9 Å². The molecular formula is C26H35NO3. The van der Waals surface area contributed by atoms with Crippen molar-refractivity contribution in [3.8, 4) is 0 Å². The third-order valence-corrected chi connectivity index (χ3v) is 5.77. The molecule has 3 rings (SSSR count). The topological polar surface area (TPSA) is 55.4 Å². The number of benzene rings is 2. The highest BCUT2D eigenvalue weighted by Crippen LogP contribution is 2.45. The minimum Gasteiger partial charge on any atom is -0.462 e. The molecule has 0 saturated heterocycles. The van der Waals surface area contributed by atoms with Gasteiger partial charge < -0.3 is 10.1 Å². The van der Waals surface area contributed by atoms with Gasteiger partial charge >= 0.3 is 5.97 Å². The summed E-state index contributed by atoms with van der Waals surface area (Å²) in [5.74, 6) is -0.509. The van der Waals surface area contributed by atoms with Crippen LogP contribution in [0.1, 0.15) is 93.2 Å². The molecule has 4 heteroatoms. The van der Waals surface area contributed by atoms with Crippen LogP contribution in [0.2, 0.25) is 0 Å². The highest BCUT2D eigenvalue weighted by molar-refractivity contribution is 6.04. The van der Waals surface area contributed by atoms with Crippen LogP contribution in [0.25, 0.3) is 0 Å². The predicted octanol–water partition coefficient (Wildman–Crippen LogP) is 6.49. The second kappa shape index (κ2) is 9.46. The second-order valence-electron chi connectivity index (χ2n) is 8.78. The number of nitrogens with one attached hydrogen (secondary N) is 1. The van der Waals surface area contributed by atoms with Crippen molar-refractivity contribution in [2.24, 2.45) is 0 Å². The number of hydrogen-bond acceptors (Lipinski definition) is 3. The van der Waals surface area contributed by atoms with E-state index >= 15 is 0 Å². The van der Waals surface area contributed by atoms with Crippen molar-refractivity contribution in [2.45, 2.75) is 72.1 Å². The number of carbonyl (C=O) groups excluding carboxylic acids is 2. The van der Waals surface area contributed by atoms with Gasteiger partial charge in [0.15, 0.2) is 0 Å². The van der Waals surface area contributed by atoms with Gasteiger partial charge in [-0.2, -0.15) is 0 Å². The molecule has 1 aliphatic rings. The Morgan fingerprint density at radius 1 is 0.867 bits per heavy atom. The lowest BCUT2D eigenvalue weighted by Gasteiger charge is -2.42. The van der Waals surface area contributed by atoms with Gasteiger partial charge in [-0.05, 0) is 78.1 Å². The average Bonchev–Trinajstić information content (AvgIpc) is 2.73. The standard InChI is InChI=1S/C24H29NO3.C2H6/c1-6-28-22(27)16-7-10-18(11-8-16)25-21(26)17-9-12-19-20(15-17)24(4,5)14-13-23(19,2)3;1-2/h7-12,15H,6,13-14H2,1-5H3,(H,25,26);1-2H3. The molecule has 0 radical (unpaired) electrons. The van der Waals surface area contributed by atoms with Crippen LogP contribution < -0.4 is 5.32 Å². The number of ether oxygens (including phenoxy) is 1. The Morgan fingerprint density at radius 3 is 1.97 bits per heavy atom. The molecule has 2 aromatic carbocycles. The van der Waals surface area contributed by atoms with E-state index in [-0.39, 0.29) is 22.7 Å². The molecule has 0 aromatic heterocycles. The van der Waals surface area contributed by atoms with Gasteiger partial charge in [-0.25, -0.2) is 4.79 Å². The first-order valence-electron chi connectivity index (χ1n) is 10.9. The molecule has 30 heavy (non-hydrogen) atoms. The number of hydrogen-bond donors (Lipinski definition) is 1. The van der Waals surface area contributed by atoms with Crippen LogP contribution in [0, 0.1) is 0 Å². The van der Waals surface area contributed by atoms with Crippen molar-refractivity contribution in [1.29, 1.82) is 0 Å². The minimum absolute atomic E-state index is 0.0580. The minimum atomic E-state index is -0.361. The highest BCUT2D eigenvalue weighted by atomic mass is 16.5. The van der Waals surface area contributed by atoms with E-state index in [9.17, 15) is 9.59 Å². The molecule has 0 unspecified atom stereocenters. The number of esters is 1. The second-order valence-corrected chi connectivity index (χ2v) is 8.78. The first kappa shape index (κ1) is 23.7. The molecule has 0 aliphatic heterocycles. The number of carbonyl (C=O) groups is 2. The van der Waals surface area contributed by atoms with Crippen LogP contribution in [-0.2, 0) is 15.6 Å². The summed E-state index contributed by atoms with van der Waals surface area (Å²) in [6.07, 6.45) is 2.25. The predicted molar refractivity (Wildman–Crippen MR) is 123 cm³/mol. The molecule has 0 fully saturated rings. The molecule has 1 N–H and O–H groups in total. The summed E-state index contributed by atoms with van der Waals surface area (Å²) in [7, 11) is 0. The SMILES string of the molecule is CC.CCOC(=O)c1ccc(NC(=O)c2ccc3c(c2)C(C)(C)CCC3(C)C)cc1. The zero-order valence-electron chi connectivity index (χ0n) is 19.4. The van der Waals surface area contributed by atoms with Crippen LogP contribution in [0.3, 0.4) is 0 Å². The molecule has 0 spiro atoms. The lowest BCUT2D eigenvalue weighted by molar-refractivity contribution is 0.0526. The largest absolute Gasteiger partial charge is 0.462 e. The molecular weight excluding hydrogens is 374 g/mol. The number of fused-ring (bicyclic) bond motifs is 1. The number of anilines is 1. The number of rotatable bonds is 4. The lowest BCUT2D eigenvalue weighted by atomic mass is 9.63. The maximum atomic E-state index is 12.8. The van der Waals surface area contributed by atoms with E-state index in [1.807, 2.05) is 26.0 Å². The van der Waals surface area contributed by atoms with Crippen molar-refractivity contribution in [1.82, 2.24) is 0 Å². The first-order chi connectivity index (χ1) is 14.1. The molecule has 0 heterocycles. The van der Waals surface area contributed by atoms with Crippen LogP contribution in [-0.4, -0.2) is 18.5 Å². The van der Waals surface area contributed by atoms with Crippen LogP contribution >= 0.6 is 0 Å². The average molecular weight is 410 g/mol. The van der Waals surface area contributed by atoms with Gasteiger partial charge in [0, 0.05) is 11.3 Å². The Labute approximate surface area is 181 Å². The maximum absolute atomic E-state index is 12.8. The summed E-state index contributed by atoms with van der Waals surface area (Å²) >= 11 is 0. The monoisotopic (exact) mass is 409 g/mol. The Balaban J connectivity index is 0.00000155. The fourth-order valence-electron chi connectivity index (χ4n) is 3.84. The summed E-state index contributed by atoms with van der Waals surface area (Å²) in [5, 5.41) is 2.92. The fourth-order valence-corrected chi connectivity index (χ4v) is 3.84. The van der Waals surface area contributed by atoms with E-state index < -0.39 is 0 Å². The lowest BCUT2D eigenvalue weighted by Crippen LogP contribution is -2.34. The van der Waals surface area contributed by atoms with Gasteiger partial charge in [0.05, 0.1) is 12.2 Å². The van der Waals surface area contributed by atoms with Gasteiger partial charge in [0.2, 0.25) is 0 Å². The normalized spacial score (nSPS) is 15.8. The van der Waals surface area contributed by atoms with Gasteiger partial charge in [-0.15, -0.1) is 0 Å². The maximum Gasteiger partial charge on any atom is 0.338 e. The van der Waals surface area contributed by atoms with E-state index in [0.717, 1.165) is 12.8 Å². The Morgan fingerprint density at radius 2 is 1.40 bits per heavy atom. The van der Waals surface area contributed by atoms with E-state index in [0.29, 0.717) is 23.4 Å². The Kier molecular flexibility index (Phi) is 7.46. The van der Waals surface area contributed by atoms with Crippen LogP contribution in [0.15, 0.2) is 42.5 Å². The third-order valence-electron chi connectivity index (χ3n) is 5.77. The molecule has 0 atom stereocenters. The van der Waals surface area contributed by atoms with Gasteiger partial charge in [-0.3, -0.25) is 4.79 Å². The van der Waals surface area contributed by atoms with Gasteiger partial charge in [-0.1, -0.05) is 47.6 Å². The molecule has 0 bridgehead atoms. The summed E-state index contributed by atoms with van der Waals surface area (Å²) in [5.41, 5.74) is 4.55.